The summed E-state index contributed by atoms with van der Waals surface area (Å²) < 4.78 is 30.8. The second-order valence-electron chi connectivity index (χ2n) is 3.70. The van der Waals surface area contributed by atoms with Gasteiger partial charge in [0.15, 0.2) is 17.4 Å². The van der Waals surface area contributed by atoms with Gasteiger partial charge in [-0.3, -0.25) is 14.9 Å². The van der Waals surface area contributed by atoms with E-state index >= 15 is 0 Å². The molecule has 0 bridgehead atoms. The molecule has 0 saturated heterocycles. The van der Waals surface area contributed by atoms with Gasteiger partial charge in [0.05, 0.1) is 23.7 Å². The molecule has 1 heterocycles. The number of nitrogens with one attached hydrogen (secondary N) is 1. The summed E-state index contributed by atoms with van der Waals surface area (Å²) in [5, 5.41) is 16.4. The Morgan fingerprint density at radius 3 is 2.70 bits per heavy atom. The van der Waals surface area contributed by atoms with Gasteiger partial charge in [0.25, 0.3) is 11.6 Å². The number of nitrogens with zero attached hydrogens (tertiary/aromatic N) is 2. The Morgan fingerprint density at radius 1 is 1.40 bits per heavy atom. The van der Waals surface area contributed by atoms with Crippen LogP contribution in [0.1, 0.15) is 16.1 Å². The van der Waals surface area contributed by atoms with Crippen molar-refractivity contribution >= 4 is 11.6 Å². The van der Waals surface area contributed by atoms with Gasteiger partial charge in [0.2, 0.25) is 0 Å². The van der Waals surface area contributed by atoms with Gasteiger partial charge in [-0.15, -0.1) is 0 Å². The van der Waals surface area contributed by atoms with Crippen LogP contribution >= 0.6 is 0 Å². The number of rotatable bonds is 4. The third-order valence-corrected chi connectivity index (χ3v) is 2.39. The lowest BCUT2D eigenvalue weighted by atomic mass is 10.1. The fraction of sp³-hybridized carbons (Fsp3) is 0.0909. The fourth-order valence-electron chi connectivity index (χ4n) is 1.47. The minimum atomic E-state index is -1.40. The zero-order chi connectivity index (χ0) is 14.7. The molecule has 0 spiro atoms. The van der Waals surface area contributed by atoms with E-state index in [1.165, 1.54) is 12.3 Å². The van der Waals surface area contributed by atoms with Crippen LogP contribution < -0.4 is 5.32 Å². The molecule has 1 aromatic heterocycles. The topological polar surface area (TPSA) is 98.3 Å². The second-order valence-corrected chi connectivity index (χ2v) is 3.70. The summed E-state index contributed by atoms with van der Waals surface area (Å²) in [6.07, 6.45) is 1.35. The fourth-order valence-corrected chi connectivity index (χ4v) is 1.47. The largest absolute Gasteiger partial charge is 0.360 e. The molecule has 2 aromatic rings. The highest BCUT2D eigenvalue weighted by atomic mass is 19.2. The summed E-state index contributed by atoms with van der Waals surface area (Å²) in [6.45, 7) is -0.0883. The monoisotopic (exact) mass is 283 g/mol. The van der Waals surface area contributed by atoms with E-state index in [0.717, 1.165) is 0 Å². The van der Waals surface area contributed by atoms with Gasteiger partial charge in [-0.2, -0.15) is 0 Å². The maximum Gasteiger partial charge on any atom is 0.285 e. The van der Waals surface area contributed by atoms with Crippen molar-refractivity contribution in [1.29, 1.82) is 0 Å². The zero-order valence-corrected chi connectivity index (χ0v) is 9.80. The summed E-state index contributed by atoms with van der Waals surface area (Å²) in [6, 6.07) is 2.31. The maximum absolute atomic E-state index is 13.1. The molecule has 0 atom stereocenters. The van der Waals surface area contributed by atoms with Gasteiger partial charge in [0, 0.05) is 6.07 Å². The molecular weight excluding hydrogens is 276 g/mol. The predicted molar refractivity (Wildman–Crippen MR) is 60.7 cm³/mol. The summed E-state index contributed by atoms with van der Waals surface area (Å²) in [5.41, 5.74) is -1.40. The van der Waals surface area contributed by atoms with Crippen LogP contribution in [0.15, 0.2) is 28.9 Å². The third-order valence-electron chi connectivity index (χ3n) is 2.39. The van der Waals surface area contributed by atoms with Crippen molar-refractivity contribution in [2.24, 2.45) is 0 Å². The van der Waals surface area contributed by atoms with E-state index in [9.17, 15) is 23.7 Å². The van der Waals surface area contributed by atoms with Crippen LogP contribution in [-0.4, -0.2) is 16.0 Å². The lowest BCUT2D eigenvalue weighted by Crippen LogP contribution is -2.23. The number of amides is 1. The molecule has 20 heavy (non-hydrogen) atoms. The van der Waals surface area contributed by atoms with Crippen molar-refractivity contribution in [1.82, 2.24) is 10.5 Å². The molecule has 0 aliphatic rings. The molecule has 1 aromatic carbocycles. The van der Waals surface area contributed by atoms with E-state index in [1.807, 2.05) is 0 Å². The first kappa shape index (κ1) is 13.6. The van der Waals surface area contributed by atoms with Crippen molar-refractivity contribution in [3.8, 4) is 0 Å². The second kappa shape index (κ2) is 5.43. The minimum absolute atomic E-state index is 0.0883. The molecule has 0 saturated carbocycles. The summed E-state index contributed by atoms with van der Waals surface area (Å²) in [4.78, 5) is 21.5. The van der Waals surface area contributed by atoms with Crippen LogP contribution in [0, 0.1) is 21.7 Å². The molecule has 7 nitrogen and oxygen atoms in total. The predicted octanol–water partition coefficient (Wildman–Crippen LogP) is 1.79. The lowest BCUT2D eigenvalue weighted by Gasteiger charge is -2.04. The van der Waals surface area contributed by atoms with E-state index in [1.54, 1.807) is 0 Å². The highest BCUT2D eigenvalue weighted by Gasteiger charge is 2.23. The molecule has 0 fully saturated rings. The Hall–Kier alpha value is -2.84. The Bertz CT molecular complexity index is 658. The molecule has 0 aliphatic carbocycles. The van der Waals surface area contributed by atoms with Crippen LogP contribution in [0.3, 0.4) is 0 Å². The van der Waals surface area contributed by atoms with Gasteiger partial charge in [-0.25, -0.2) is 8.78 Å². The quantitative estimate of drug-likeness (QED) is 0.681. The number of carbonyl (C=O) groups excluding carboxylic acids is 1. The van der Waals surface area contributed by atoms with Crippen LogP contribution in [0.25, 0.3) is 0 Å². The smallest absolute Gasteiger partial charge is 0.285 e. The van der Waals surface area contributed by atoms with E-state index in [-0.39, 0.29) is 6.54 Å². The number of hydrogen-bond acceptors (Lipinski definition) is 5. The van der Waals surface area contributed by atoms with Crippen molar-refractivity contribution < 1.29 is 23.0 Å². The molecule has 0 aliphatic heterocycles. The molecule has 0 radical (unpaired) electrons. The first-order valence-corrected chi connectivity index (χ1v) is 5.30. The van der Waals surface area contributed by atoms with Crippen LogP contribution in [0.4, 0.5) is 14.5 Å². The Balaban J connectivity index is 2.24. The van der Waals surface area contributed by atoms with Gasteiger partial charge in [0.1, 0.15) is 5.56 Å². The number of benzene rings is 1. The van der Waals surface area contributed by atoms with Crippen LogP contribution in [-0.2, 0) is 6.54 Å². The first-order chi connectivity index (χ1) is 9.49. The molecule has 1 amide bonds. The Kier molecular flexibility index (Phi) is 3.69. The molecule has 0 unspecified atom stereocenters. The van der Waals surface area contributed by atoms with E-state index < -0.39 is 33.7 Å². The highest BCUT2D eigenvalue weighted by Crippen LogP contribution is 2.22. The molecule has 1 N–H and O–H groups in total. The SMILES string of the molecule is O=C(NCc1ccno1)c1cc(F)c(F)cc1[N+](=O)[O-]. The maximum atomic E-state index is 13.1. The van der Waals surface area contributed by atoms with Gasteiger partial charge < -0.3 is 9.84 Å². The van der Waals surface area contributed by atoms with Crippen molar-refractivity contribution in [2.75, 3.05) is 0 Å². The summed E-state index contributed by atoms with van der Waals surface area (Å²) >= 11 is 0. The average Bonchev–Trinajstić information content (AvgIpc) is 2.91. The summed E-state index contributed by atoms with van der Waals surface area (Å²) in [5.74, 6) is -3.36. The number of carbonyl (C=O) groups is 1. The highest BCUT2D eigenvalue weighted by molar-refractivity contribution is 5.98. The van der Waals surface area contributed by atoms with Gasteiger partial charge in [-0.1, -0.05) is 5.16 Å². The van der Waals surface area contributed by atoms with Crippen molar-refractivity contribution in [3.05, 3.63) is 57.5 Å². The number of nitro groups is 1. The summed E-state index contributed by atoms with van der Waals surface area (Å²) in [7, 11) is 0. The molecule has 104 valence electrons. The molecular formula is C11H7F2N3O4. The standard InChI is InChI=1S/C11H7F2N3O4/c12-8-3-7(10(16(18)19)4-9(8)13)11(17)14-5-6-1-2-15-20-6/h1-4H,5H2,(H,14,17). The van der Waals surface area contributed by atoms with E-state index in [2.05, 4.69) is 10.5 Å². The van der Waals surface area contributed by atoms with E-state index in [4.69, 9.17) is 4.52 Å². The average molecular weight is 283 g/mol. The van der Waals surface area contributed by atoms with Crippen molar-refractivity contribution in [2.45, 2.75) is 6.54 Å². The third kappa shape index (κ3) is 2.76. The first-order valence-electron chi connectivity index (χ1n) is 5.30. The van der Waals surface area contributed by atoms with Crippen LogP contribution in [0.2, 0.25) is 0 Å². The van der Waals surface area contributed by atoms with Gasteiger partial charge >= 0.3 is 0 Å². The number of hydrogen-bond donors (Lipinski definition) is 1. The van der Waals surface area contributed by atoms with E-state index in [0.29, 0.717) is 17.9 Å². The minimum Gasteiger partial charge on any atom is -0.360 e. The zero-order valence-electron chi connectivity index (χ0n) is 9.80. The Morgan fingerprint density at radius 2 is 2.10 bits per heavy atom. The number of halogens is 2. The molecule has 2 rings (SSSR count). The number of nitro benzene ring substituents is 1. The Labute approximate surface area is 110 Å². The van der Waals surface area contributed by atoms with Gasteiger partial charge in [-0.05, 0) is 6.07 Å². The lowest BCUT2D eigenvalue weighted by molar-refractivity contribution is -0.385. The van der Waals surface area contributed by atoms with Crippen LogP contribution in [0.5, 0.6) is 0 Å². The van der Waals surface area contributed by atoms with Crippen molar-refractivity contribution in [3.63, 3.8) is 0 Å². The number of aromatic nitrogens is 1. The molecule has 9 heteroatoms. The normalized spacial score (nSPS) is 10.3.